The molecule has 0 aliphatic carbocycles. The molecule has 1 heterocycles. The van der Waals surface area contributed by atoms with Gasteiger partial charge in [-0.05, 0) is 31.5 Å². The van der Waals surface area contributed by atoms with Gasteiger partial charge in [-0.1, -0.05) is 13.0 Å². The molecule has 1 aliphatic rings. The molecule has 21 heavy (non-hydrogen) atoms. The molecule has 1 atom stereocenters. The fraction of sp³-hybridized carbons (Fsp3) is 0.533. The lowest BCUT2D eigenvalue weighted by Crippen LogP contribution is -2.51. The summed E-state index contributed by atoms with van der Waals surface area (Å²) in [5.41, 5.74) is 0.370. The molecule has 1 unspecified atom stereocenters. The lowest BCUT2D eigenvalue weighted by molar-refractivity contribution is 0.142. The zero-order chi connectivity index (χ0) is 15.5. The molecule has 0 N–H and O–H groups in total. The Morgan fingerprint density at radius 3 is 2.52 bits per heavy atom. The van der Waals surface area contributed by atoms with Crippen molar-refractivity contribution < 1.29 is 8.42 Å². The second-order valence-corrected chi connectivity index (χ2v) is 7.27. The number of rotatable bonds is 4. The Bertz CT molecular complexity index is 629. The SMILES string of the molecule is CCC(C)N1CCN(S(=O)(=O)c2cccc(C#N)c2)CC1. The van der Waals surface area contributed by atoms with Crippen LogP contribution in [0.4, 0.5) is 0 Å². The van der Waals surface area contributed by atoms with Gasteiger partial charge < -0.3 is 0 Å². The van der Waals surface area contributed by atoms with Crippen molar-refractivity contribution in [3.63, 3.8) is 0 Å². The first-order chi connectivity index (χ1) is 9.98. The predicted molar refractivity (Wildman–Crippen MR) is 81.2 cm³/mol. The lowest BCUT2D eigenvalue weighted by Gasteiger charge is -2.37. The quantitative estimate of drug-likeness (QED) is 0.848. The van der Waals surface area contributed by atoms with Gasteiger partial charge in [-0.3, -0.25) is 4.90 Å². The van der Waals surface area contributed by atoms with Crippen LogP contribution >= 0.6 is 0 Å². The van der Waals surface area contributed by atoms with Gasteiger partial charge in [0.2, 0.25) is 10.0 Å². The second-order valence-electron chi connectivity index (χ2n) is 5.34. The van der Waals surface area contributed by atoms with Crippen molar-refractivity contribution in [2.75, 3.05) is 26.2 Å². The average Bonchev–Trinajstić information content (AvgIpc) is 2.54. The maximum atomic E-state index is 12.6. The van der Waals surface area contributed by atoms with Crippen LogP contribution in [-0.2, 0) is 10.0 Å². The van der Waals surface area contributed by atoms with Crippen molar-refractivity contribution in [1.29, 1.82) is 5.26 Å². The van der Waals surface area contributed by atoms with Gasteiger partial charge in [0.05, 0.1) is 16.5 Å². The van der Waals surface area contributed by atoms with Crippen molar-refractivity contribution in [2.24, 2.45) is 0 Å². The first kappa shape index (κ1) is 16.0. The molecule has 114 valence electrons. The van der Waals surface area contributed by atoms with E-state index < -0.39 is 10.0 Å². The van der Waals surface area contributed by atoms with E-state index in [1.807, 2.05) is 6.07 Å². The highest BCUT2D eigenvalue weighted by atomic mass is 32.2. The van der Waals surface area contributed by atoms with Crippen molar-refractivity contribution in [1.82, 2.24) is 9.21 Å². The van der Waals surface area contributed by atoms with Crippen LogP contribution in [0, 0.1) is 11.3 Å². The van der Waals surface area contributed by atoms with Crippen LogP contribution in [0.25, 0.3) is 0 Å². The van der Waals surface area contributed by atoms with E-state index in [4.69, 9.17) is 5.26 Å². The molecule has 0 bridgehead atoms. The Hall–Kier alpha value is -1.42. The highest BCUT2D eigenvalue weighted by Gasteiger charge is 2.29. The molecule has 1 fully saturated rings. The van der Waals surface area contributed by atoms with Gasteiger partial charge in [0.15, 0.2) is 0 Å². The number of hydrogen-bond donors (Lipinski definition) is 0. The molecule has 0 spiro atoms. The summed E-state index contributed by atoms with van der Waals surface area (Å²) in [7, 11) is -3.49. The molecule has 1 aliphatic heterocycles. The van der Waals surface area contributed by atoms with Crippen LogP contribution in [-0.4, -0.2) is 49.8 Å². The number of sulfonamides is 1. The maximum Gasteiger partial charge on any atom is 0.243 e. The second kappa shape index (κ2) is 6.56. The number of benzene rings is 1. The molecule has 1 aromatic rings. The lowest BCUT2D eigenvalue weighted by atomic mass is 10.2. The fourth-order valence-electron chi connectivity index (χ4n) is 2.52. The van der Waals surface area contributed by atoms with Gasteiger partial charge in [0.25, 0.3) is 0 Å². The number of nitriles is 1. The fourth-order valence-corrected chi connectivity index (χ4v) is 3.99. The summed E-state index contributed by atoms with van der Waals surface area (Å²) in [5.74, 6) is 0. The molecule has 1 saturated heterocycles. The van der Waals surface area contributed by atoms with Crippen LogP contribution < -0.4 is 0 Å². The number of hydrogen-bond acceptors (Lipinski definition) is 4. The van der Waals surface area contributed by atoms with E-state index in [1.54, 1.807) is 18.2 Å². The highest BCUT2D eigenvalue weighted by Crippen LogP contribution is 2.19. The van der Waals surface area contributed by atoms with Crippen molar-refractivity contribution in [3.05, 3.63) is 29.8 Å². The standard InChI is InChI=1S/C15H21N3O2S/c1-3-13(2)17-7-9-18(10-8-17)21(19,20)15-6-4-5-14(11-15)12-16/h4-6,11,13H,3,7-10H2,1-2H3. The van der Waals surface area contributed by atoms with Crippen LogP contribution in [0.1, 0.15) is 25.8 Å². The molecule has 0 aromatic heterocycles. The first-order valence-electron chi connectivity index (χ1n) is 7.23. The van der Waals surface area contributed by atoms with E-state index in [1.165, 1.54) is 10.4 Å². The molecular weight excluding hydrogens is 286 g/mol. The van der Waals surface area contributed by atoms with Crippen LogP contribution in [0.15, 0.2) is 29.2 Å². The Morgan fingerprint density at radius 2 is 1.95 bits per heavy atom. The molecule has 6 heteroatoms. The Kier molecular flexibility index (Phi) is 4.99. The van der Waals surface area contributed by atoms with Gasteiger partial charge in [-0.2, -0.15) is 9.57 Å². The summed E-state index contributed by atoms with van der Waals surface area (Å²) in [4.78, 5) is 2.52. The third-order valence-corrected chi connectivity index (χ3v) is 5.98. The van der Waals surface area contributed by atoms with Crippen LogP contribution in [0.5, 0.6) is 0 Å². The minimum absolute atomic E-state index is 0.207. The van der Waals surface area contributed by atoms with E-state index in [0.717, 1.165) is 19.5 Å². The van der Waals surface area contributed by atoms with Crippen molar-refractivity contribution in [2.45, 2.75) is 31.2 Å². The Labute approximate surface area is 126 Å². The van der Waals surface area contributed by atoms with Gasteiger partial charge in [-0.15, -0.1) is 0 Å². The van der Waals surface area contributed by atoms with E-state index in [2.05, 4.69) is 18.7 Å². The van der Waals surface area contributed by atoms with Crippen molar-refractivity contribution >= 4 is 10.0 Å². The summed E-state index contributed by atoms with van der Waals surface area (Å²) >= 11 is 0. The average molecular weight is 307 g/mol. The van der Waals surface area contributed by atoms with Gasteiger partial charge >= 0.3 is 0 Å². The summed E-state index contributed by atoms with van der Waals surface area (Å²) in [6.45, 7) is 6.83. The van der Waals surface area contributed by atoms with E-state index >= 15 is 0 Å². The minimum atomic E-state index is -3.49. The van der Waals surface area contributed by atoms with E-state index in [0.29, 0.717) is 24.7 Å². The van der Waals surface area contributed by atoms with Gasteiger partial charge in [0.1, 0.15) is 0 Å². The molecule has 0 radical (unpaired) electrons. The third-order valence-electron chi connectivity index (χ3n) is 4.09. The van der Waals surface area contributed by atoms with Crippen LogP contribution in [0.3, 0.4) is 0 Å². The Balaban J connectivity index is 2.13. The molecule has 0 amide bonds. The molecular formula is C15H21N3O2S. The zero-order valence-corrected chi connectivity index (χ0v) is 13.3. The molecule has 2 rings (SSSR count). The van der Waals surface area contributed by atoms with Crippen molar-refractivity contribution in [3.8, 4) is 6.07 Å². The maximum absolute atomic E-state index is 12.6. The molecule has 1 aromatic carbocycles. The Morgan fingerprint density at radius 1 is 1.29 bits per heavy atom. The summed E-state index contributed by atoms with van der Waals surface area (Å²) in [6.07, 6.45) is 1.07. The van der Waals surface area contributed by atoms with E-state index in [9.17, 15) is 8.42 Å². The molecule has 0 saturated carbocycles. The monoisotopic (exact) mass is 307 g/mol. The number of piperazine rings is 1. The largest absolute Gasteiger partial charge is 0.298 e. The smallest absolute Gasteiger partial charge is 0.243 e. The van der Waals surface area contributed by atoms with Crippen LogP contribution in [0.2, 0.25) is 0 Å². The third kappa shape index (κ3) is 3.43. The topological polar surface area (TPSA) is 64.4 Å². The minimum Gasteiger partial charge on any atom is -0.298 e. The zero-order valence-electron chi connectivity index (χ0n) is 12.5. The highest BCUT2D eigenvalue weighted by molar-refractivity contribution is 7.89. The summed E-state index contributed by atoms with van der Waals surface area (Å²) < 4.78 is 26.7. The summed E-state index contributed by atoms with van der Waals surface area (Å²) in [6, 6.07) is 8.68. The van der Waals surface area contributed by atoms with Gasteiger partial charge in [0, 0.05) is 32.2 Å². The number of nitrogens with zero attached hydrogens (tertiary/aromatic N) is 3. The summed E-state index contributed by atoms with van der Waals surface area (Å²) in [5, 5.41) is 8.90. The first-order valence-corrected chi connectivity index (χ1v) is 8.67. The molecule has 5 nitrogen and oxygen atoms in total. The predicted octanol–water partition coefficient (Wildman–Crippen LogP) is 1.66. The van der Waals surface area contributed by atoms with E-state index in [-0.39, 0.29) is 4.90 Å². The normalized spacial score (nSPS) is 19.1. The van der Waals surface area contributed by atoms with Gasteiger partial charge in [-0.25, -0.2) is 8.42 Å².